The van der Waals surface area contributed by atoms with E-state index < -0.39 is 0 Å². The molecule has 2 aliphatic rings. The van der Waals surface area contributed by atoms with E-state index in [9.17, 15) is 4.79 Å². The average molecular weight is 514 g/mol. The molecule has 1 aliphatic carbocycles. The van der Waals surface area contributed by atoms with E-state index in [0.717, 1.165) is 22.3 Å². The third-order valence-corrected chi connectivity index (χ3v) is 7.17. The average Bonchev–Trinajstić information content (AvgIpc) is 3.31. The normalized spacial score (nSPS) is 17.9. The van der Waals surface area contributed by atoms with Crippen LogP contribution in [0.1, 0.15) is 62.3 Å². The molecule has 1 saturated heterocycles. The van der Waals surface area contributed by atoms with Crippen LogP contribution in [0.2, 0.25) is 0 Å². The van der Waals surface area contributed by atoms with Crippen LogP contribution in [-0.2, 0) is 16.0 Å². The minimum absolute atomic E-state index is 0.0489. The molecule has 196 valence electrons. The summed E-state index contributed by atoms with van der Waals surface area (Å²) >= 11 is 0. The maximum Gasteiger partial charge on any atom is 0.213 e. The van der Waals surface area contributed by atoms with Crippen molar-refractivity contribution in [1.29, 1.82) is 0 Å². The van der Waals surface area contributed by atoms with Gasteiger partial charge in [0, 0.05) is 35.2 Å². The Hall–Kier alpha value is -3.69. The molecule has 0 radical (unpaired) electrons. The van der Waals surface area contributed by atoms with Crippen LogP contribution in [0.25, 0.3) is 11.1 Å². The van der Waals surface area contributed by atoms with Gasteiger partial charge in [0.15, 0.2) is 0 Å². The summed E-state index contributed by atoms with van der Waals surface area (Å²) < 4.78 is 32.5. The lowest BCUT2D eigenvalue weighted by Crippen LogP contribution is -2.44. The van der Waals surface area contributed by atoms with Crippen molar-refractivity contribution >= 4 is 5.78 Å². The number of benzene rings is 2. The van der Waals surface area contributed by atoms with E-state index in [4.69, 9.17) is 14.2 Å². The number of ketones is 1. The summed E-state index contributed by atoms with van der Waals surface area (Å²) in [6.45, 7) is 7.45. The third kappa shape index (κ3) is 5.58. The smallest absolute Gasteiger partial charge is 0.213 e. The third-order valence-electron chi connectivity index (χ3n) is 7.17. The SMILES string of the molecule is CC#C[C@@H](CC(C)=O)c1ccc(O[C@@H]2CCc3c(-c4ccc(OCC5(C)COC5)nc4)ccc(F)c32)cc1. The van der Waals surface area contributed by atoms with Crippen molar-refractivity contribution in [3.05, 3.63) is 77.2 Å². The highest BCUT2D eigenvalue weighted by Gasteiger charge is 2.34. The van der Waals surface area contributed by atoms with Gasteiger partial charge in [-0.05, 0) is 67.6 Å². The van der Waals surface area contributed by atoms with E-state index in [-0.39, 0.29) is 29.0 Å². The Morgan fingerprint density at radius 1 is 1.18 bits per heavy atom. The minimum atomic E-state index is -0.375. The number of ether oxygens (including phenoxy) is 3. The topological polar surface area (TPSA) is 57.7 Å². The molecule has 2 aromatic carbocycles. The van der Waals surface area contributed by atoms with Gasteiger partial charge in [0.05, 0.1) is 25.7 Å². The fourth-order valence-electron chi connectivity index (χ4n) is 5.13. The molecule has 1 aromatic heterocycles. The van der Waals surface area contributed by atoms with Crippen LogP contribution < -0.4 is 9.47 Å². The Labute approximate surface area is 223 Å². The molecule has 3 aromatic rings. The lowest BCUT2D eigenvalue weighted by atomic mass is 9.90. The zero-order valence-corrected chi connectivity index (χ0v) is 22.1. The number of carbonyl (C=O) groups excluding carboxylic acids is 1. The molecule has 1 fully saturated rings. The molecule has 0 unspecified atom stereocenters. The highest BCUT2D eigenvalue weighted by Crippen LogP contribution is 2.42. The zero-order valence-electron chi connectivity index (χ0n) is 22.1. The number of rotatable bonds is 9. The minimum Gasteiger partial charge on any atom is -0.486 e. The van der Waals surface area contributed by atoms with Gasteiger partial charge in [-0.15, -0.1) is 5.92 Å². The van der Waals surface area contributed by atoms with E-state index in [1.807, 2.05) is 42.5 Å². The largest absolute Gasteiger partial charge is 0.486 e. The van der Waals surface area contributed by atoms with Gasteiger partial charge in [-0.2, -0.15) is 0 Å². The van der Waals surface area contributed by atoms with Crippen molar-refractivity contribution in [2.75, 3.05) is 19.8 Å². The first-order valence-corrected chi connectivity index (χ1v) is 13.0. The van der Waals surface area contributed by atoms with Crippen LogP contribution in [0.5, 0.6) is 11.6 Å². The second-order valence-electron chi connectivity index (χ2n) is 10.5. The molecule has 0 bridgehead atoms. The number of aromatic nitrogens is 1. The predicted molar refractivity (Wildman–Crippen MR) is 144 cm³/mol. The van der Waals surface area contributed by atoms with Crippen LogP contribution in [0.4, 0.5) is 4.39 Å². The molecule has 0 saturated carbocycles. The molecule has 5 nitrogen and oxygen atoms in total. The van der Waals surface area contributed by atoms with Crippen molar-refractivity contribution in [2.45, 2.75) is 52.1 Å². The molecule has 0 amide bonds. The van der Waals surface area contributed by atoms with Gasteiger partial charge >= 0.3 is 0 Å². The van der Waals surface area contributed by atoms with Gasteiger partial charge in [-0.25, -0.2) is 9.37 Å². The Bertz CT molecular complexity index is 1370. The van der Waals surface area contributed by atoms with E-state index >= 15 is 4.39 Å². The van der Waals surface area contributed by atoms with E-state index in [2.05, 4.69) is 23.7 Å². The summed E-state index contributed by atoms with van der Waals surface area (Å²) in [7, 11) is 0. The Balaban J connectivity index is 1.31. The molecule has 1 aliphatic heterocycles. The standard InChI is InChI=1S/C32H32FNO4/c1-4-5-23(16-21(2)35)22-6-9-25(10-7-22)38-29-14-12-27-26(11-13-28(33)31(27)29)24-8-15-30(34-17-24)37-20-32(3)18-36-19-32/h6-11,13,15,17,23,29H,12,14,16,18-20H2,1-3H3/t23-,29+/m0/s1. The number of hydrogen-bond donors (Lipinski definition) is 0. The molecular formula is C32H32FNO4. The number of halogens is 1. The van der Waals surface area contributed by atoms with Gasteiger partial charge in [0.1, 0.15) is 23.5 Å². The van der Waals surface area contributed by atoms with E-state index in [1.165, 1.54) is 6.07 Å². The van der Waals surface area contributed by atoms with Crippen molar-refractivity contribution in [1.82, 2.24) is 4.98 Å². The maximum absolute atomic E-state index is 15.1. The molecule has 38 heavy (non-hydrogen) atoms. The molecule has 6 heteroatoms. The van der Waals surface area contributed by atoms with Crippen LogP contribution in [0.3, 0.4) is 0 Å². The van der Waals surface area contributed by atoms with Gasteiger partial charge in [0.2, 0.25) is 5.88 Å². The lowest BCUT2D eigenvalue weighted by molar-refractivity contribution is -0.120. The van der Waals surface area contributed by atoms with Gasteiger partial charge in [0.25, 0.3) is 0 Å². The molecule has 2 atom stereocenters. The molecule has 5 rings (SSSR count). The van der Waals surface area contributed by atoms with Crippen molar-refractivity contribution in [3.8, 4) is 34.6 Å². The van der Waals surface area contributed by atoms with Crippen LogP contribution >= 0.6 is 0 Å². The van der Waals surface area contributed by atoms with Crippen molar-refractivity contribution in [3.63, 3.8) is 0 Å². The maximum atomic E-state index is 15.1. The van der Waals surface area contributed by atoms with Crippen LogP contribution in [-0.4, -0.2) is 30.6 Å². The molecule has 0 spiro atoms. The zero-order chi connectivity index (χ0) is 26.7. The first-order chi connectivity index (χ1) is 18.3. The molecular weight excluding hydrogens is 481 g/mol. The number of hydrogen-bond acceptors (Lipinski definition) is 5. The Morgan fingerprint density at radius 2 is 1.97 bits per heavy atom. The molecule has 2 heterocycles. The predicted octanol–water partition coefficient (Wildman–Crippen LogP) is 6.46. The fourth-order valence-corrected chi connectivity index (χ4v) is 5.13. The number of Topliss-reactive ketones (excluding diaryl/α,β-unsaturated/α-hetero) is 1. The van der Waals surface area contributed by atoms with Gasteiger partial charge in [-0.1, -0.05) is 31.0 Å². The summed E-state index contributed by atoms with van der Waals surface area (Å²) in [5.74, 6) is 6.95. The fraction of sp³-hybridized carbons (Fsp3) is 0.375. The first-order valence-electron chi connectivity index (χ1n) is 13.0. The van der Waals surface area contributed by atoms with E-state index in [0.29, 0.717) is 56.3 Å². The number of pyridine rings is 1. The van der Waals surface area contributed by atoms with Crippen molar-refractivity contribution in [2.24, 2.45) is 5.41 Å². The summed E-state index contributed by atoms with van der Waals surface area (Å²) in [5, 5.41) is 0. The quantitative estimate of drug-likeness (QED) is 0.308. The Kier molecular flexibility index (Phi) is 7.49. The van der Waals surface area contributed by atoms with E-state index in [1.54, 1.807) is 20.0 Å². The first kappa shape index (κ1) is 25.9. The second kappa shape index (κ2) is 11.0. The highest BCUT2D eigenvalue weighted by atomic mass is 19.1. The van der Waals surface area contributed by atoms with Crippen LogP contribution in [0.15, 0.2) is 54.7 Å². The molecule has 0 N–H and O–H groups in total. The Morgan fingerprint density at radius 3 is 2.61 bits per heavy atom. The van der Waals surface area contributed by atoms with Crippen LogP contribution in [0, 0.1) is 23.1 Å². The summed E-state index contributed by atoms with van der Waals surface area (Å²) in [4.78, 5) is 16.1. The number of nitrogens with zero attached hydrogens (tertiary/aromatic N) is 1. The van der Waals surface area contributed by atoms with Crippen molar-refractivity contribution < 1.29 is 23.4 Å². The van der Waals surface area contributed by atoms with Gasteiger partial charge in [-0.3, -0.25) is 4.79 Å². The highest BCUT2D eigenvalue weighted by molar-refractivity contribution is 5.77. The number of carbonyl (C=O) groups is 1. The second-order valence-corrected chi connectivity index (χ2v) is 10.5. The summed E-state index contributed by atoms with van der Waals surface area (Å²) in [6.07, 6.45) is 3.19. The summed E-state index contributed by atoms with van der Waals surface area (Å²) in [6, 6.07) is 14.8. The summed E-state index contributed by atoms with van der Waals surface area (Å²) in [5.41, 5.74) is 4.47. The lowest BCUT2D eigenvalue weighted by Gasteiger charge is -2.37. The van der Waals surface area contributed by atoms with Gasteiger partial charge < -0.3 is 14.2 Å². The monoisotopic (exact) mass is 513 g/mol. The number of fused-ring (bicyclic) bond motifs is 1.